The molecule has 1 aromatic carbocycles. The van der Waals surface area contributed by atoms with Gasteiger partial charge in [-0.3, -0.25) is 0 Å². The molecule has 0 spiro atoms. The first-order chi connectivity index (χ1) is 7.15. The zero-order valence-electron chi connectivity index (χ0n) is 8.30. The fourth-order valence-corrected chi connectivity index (χ4v) is 1.87. The maximum atomic E-state index is 12.4. The van der Waals surface area contributed by atoms with Crippen molar-refractivity contribution in [3.8, 4) is 0 Å². The average molecular weight is 278 g/mol. The summed E-state index contributed by atoms with van der Waals surface area (Å²) < 4.78 is 25.8. The van der Waals surface area contributed by atoms with E-state index >= 15 is 0 Å². The van der Waals surface area contributed by atoms with Crippen LogP contribution < -0.4 is 5.73 Å². The van der Waals surface area contributed by atoms with Crippen LogP contribution in [-0.4, -0.2) is 13.0 Å². The molecule has 0 aliphatic heterocycles. The molecule has 0 heterocycles. The fraction of sp³-hybridized carbons (Fsp3) is 0.455. The number of alkyl halides is 2. The van der Waals surface area contributed by atoms with Gasteiger partial charge >= 0.3 is 0 Å². The van der Waals surface area contributed by atoms with Gasteiger partial charge in [-0.25, -0.2) is 8.78 Å². The molecule has 0 fully saturated rings. The molecule has 15 heavy (non-hydrogen) atoms. The molecule has 1 unspecified atom stereocenters. The number of rotatable bonds is 5. The third-order valence-electron chi connectivity index (χ3n) is 2.40. The minimum Gasteiger partial charge on any atom is -0.330 e. The van der Waals surface area contributed by atoms with Crippen molar-refractivity contribution in [1.29, 1.82) is 0 Å². The van der Waals surface area contributed by atoms with Gasteiger partial charge in [0.1, 0.15) is 0 Å². The van der Waals surface area contributed by atoms with Crippen LogP contribution in [0.25, 0.3) is 0 Å². The molecule has 0 aromatic heterocycles. The number of hydrogen-bond acceptors (Lipinski definition) is 1. The van der Waals surface area contributed by atoms with E-state index in [-0.39, 0.29) is 6.54 Å². The van der Waals surface area contributed by atoms with E-state index in [4.69, 9.17) is 5.73 Å². The van der Waals surface area contributed by atoms with Crippen LogP contribution >= 0.6 is 15.9 Å². The standard InChI is InChI=1S/C11H14BrF2N/c12-10-4-2-1-3-8(10)5-6-9(7-15)11(13)14/h1-4,9,11H,5-7,15H2. The van der Waals surface area contributed by atoms with Gasteiger partial charge in [0.05, 0.1) is 0 Å². The molecule has 0 radical (unpaired) electrons. The minimum absolute atomic E-state index is 0.0438. The third-order valence-corrected chi connectivity index (χ3v) is 3.18. The maximum Gasteiger partial charge on any atom is 0.242 e. The Morgan fingerprint density at radius 1 is 1.27 bits per heavy atom. The molecular formula is C11H14BrF2N. The number of nitrogens with two attached hydrogens (primary N) is 1. The summed E-state index contributed by atoms with van der Waals surface area (Å²) >= 11 is 3.39. The first-order valence-electron chi connectivity index (χ1n) is 4.86. The second kappa shape index (κ2) is 6.18. The Balaban J connectivity index is 2.53. The van der Waals surface area contributed by atoms with E-state index in [0.29, 0.717) is 12.8 Å². The van der Waals surface area contributed by atoms with Gasteiger partial charge in [0.2, 0.25) is 6.43 Å². The van der Waals surface area contributed by atoms with E-state index in [1.807, 2.05) is 24.3 Å². The third kappa shape index (κ3) is 3.87. The van der Waals surface area contributed by atoms with Crippen molar-refractivity contribution in [3.05, 3.63) is 34.3 Å². The van der Waals surface area contributed by atoms with Crippen molar-refractivity contribution in [1.82, 2.24) is 0 Å². The summed E-state index contributed by atoms with van der Waals surface area (Å²) in [5, 5.41) is 0. The molecule has 1 rings (SSSR count). The van der Waals surface area contributed by atoms with E-state index in [2.05, 4.69) is 15.9 Å². The molecular weight excluding hydrogens is 264 g/mol. The highest BCUT2D eigenvalue weighted by molar-refractivity contribution is 9.10. The van der Waals surface area contributed by atoms with E-state index in [1.165, 1.54) is 0 Å². The molecule has 84 valence electrons. The van der Waals surface area contributed by atoms with Crippen molar-refractivity contribution < 1.29 is 8.78 Å². The lowest BCUT2D eigenvalue weighted by Crippen LogP contribution is -2.22. The number of hydrogen-bond donors (Lipinski definition) is 1. The predicted molar refractivity (Wildman–Crippen MR) is 61.0 cm³/mol. The predicted octanol–water partition coefficient (Wildman–Crippen LogP) is 3.22. The van der Waals surface area contributed by atoms with Crippen molar-refractivity contribution in [3.63, 3.8) is 0 Å². The monoisotopic (exact) mass is 277 g/mol. The van der Waals surface area contributed by atoms with Crippen LogP contribution in [0.15, 0.2) is 28.7 Å². The Bertz CT molecular complexity index is 304. The van der Waals surface area contributed by atoms with Gasteiger partial charge in [-0.2, -0.15) is 0 Å². The van der Waals surface area contributed by atoms with Crippen LogP contribution in [0.4, 0.5) is 8.78 Å². The highest BCUT2D eigenvalue weighted by Gasteiger charge is 2.18. The SMILES string of the molecule is NCC(CCc1ccccc1Br)C(F)F. The second-order valence-electron chi connectivity index (χ2n) is 3.46. The molecule has 1 atom stereocenters. The largest absolute Gasteiger partial charge is 0.330 e. The lowest BCUT2D eigenvalue weighted by molar-refractivity contribution is 0.0769. The summed E-state index contributed by atoms with van der Waals surface area (Å²) in [7, 11) is 0. The smallest absolute Gasteiger partial charge is 0.242 e. The van der Waals surface area contributed by atoms with Gasteiger partial charge in [-0.05, 0) is 24.5 Å². The highest BCUT2D eigenvalue weighted by Crippen LogP contribution is 2.21. The molecule has 1 aromatic rings. The van der Waals surface area contributed by atoms with Crippen LogP contribution in [-0.2, 0) is 6.42 Å². The average Bonchev–Trinajstić information content (AvgIpc) is 2.21. The van der Waals surface area contributed by atoms with Crippen LogP contribution in [0.5, 0.6) is 0 Å². The zero-order chi connectivity index (χ0) is 11.3. The molecule has 0 amide bonds. The van der Waals surface area contributed by atoms with Crippen molar-refractivity contribution in [2.24, 2.45) is 11.7 Å². The Labute approximate surface area is 96.8 Å². The van der Waals surface area contributed by atoms with Gasteiger partial charge in [-0.15, -0.1) is 0 Å². The summed E-state index contributed by atoms with van der Waals surface area (Å²) in [6.45, 7) is 0.0438. The summed E-state index contributed by atoms with van der Waals surface area (Å²) in [6.07, 6.45) is -1.26. The number of aryl methyl sites for hydroxylation is 1. The Morgan fingerprint density at radius 2 is 1.93 bits per heavy atom. The van der Waals surface area contributed by atoms with E-state index in [9.17, 15) is 8.78 Å². The second-order valence-corrected chi connectivity index (χ2v) is 4.31. The van der Waals surface area contributed by atoms with Crippen molar-refractivity contribution >= 4 is 15.9 Å². The quantitative estimate of drug-likeness (QED) is 0.879. The van der Waals surface area contributed by atoms with Crippen LogP contribution in [0, 0.1) is 5.92 Å². The molecule has 0 aliphatic rings. The first-order valence-corrected chi connectivity index (χ1v) is 5.66. The number of benzene rings is 1. The number of halogens is 3. The minimum atomic E-state index is -2.32. The molecule has 1 nitrogen and oxygen atoms in total. The highest BCUT2D eigenvalue weighted by atomic mass is 79.9. The Hall–Kier alpha value is -0.480. The van der Waals surface area contributed by atoms with Crippen LogP contribution in [0.1, 0.15) is 12.0 Å². The van der Waals surface area contributed by atoms with Gasteiger partial charge in [0.15, 0.2) is 0 Å². The van der Waals surface area contributed by atoms with Crippen LogP contribution in [0.3, 0.4) is 0 Å². The topological polar surface area (TPSA) is 26.0 Å². The lowest BCUT2D eigenvalue weighted by Gasteiger charge is -2.13. The molecule has 0 aliphatic carbocycles. The molecule has 0 saturated carbocycles. The molecule has 0 saturated heterocycles. The van der Waals surface area contributed by atoms with E-state index < -0.39 is 12.3 Å². The van der Waals surface area contributed by atoms with Gasteiger partial charge < -0.3 is 5.73 Å². The summed E-state index contributed by atoms with van der Waals surface area (Å²) in [4.78, 5) is 0. The van der Waals surface area contributed by atoms with Gasteiger partial charge in [0.25, 0.3) is 0 Å². The maximum absolute atomic E-state index is 12.4. The summed E-state index contributed by atoms with van der Waals surface area (Å²) in [5.41, 5.74) is 6.34. The van der Waals surface area contributed by atoms with E-state index in [0.717, 1.165) is 10.0 Å². The molecule has 2 N–H and O–H groups in total. The van der Waals surface area contributed by atoms with Gasteiger partial charge in [0, 0.05) is 16.9 Å². The Kier molecular flexibility index (Phi) is 5.19. The van der Waals surface area contributed by atoms with Crippen molar-refractivity contribution in [2.45, 2.75) is 19.3 Å². The van der Waals surface area contributed by atoms with Crippen molar-refractivity contribution in [2.75, 3.05) is 6.54 Å². The zero-order valence-corrected chi connectivity index (χ0v) is 9.88. The fourth-order valence-electron chi connectivity index (χ4n) is 1.39. The van der Waals surface area contributed by atoms with Gasteiger partial charge in [-0.1, -0.05) is 34.1 Å². The van der Waals surface area contributed by atoms with E-state index in [1.54, 1.807) is 0 Å². The normalized spacial score (nSPS) is 13.1. The summed E-state index contributed by atoms with van der Waals surface area (Å²) in [6, 6.07) is 7.65. The first kappa shape index (κ1) is 12.6. The Morgan fingerprint density at radius 3 is 2.47 bits per heavy atom. The molecule has 4 heteroatoms. The lowest BCUT2D eigenvalue weighted by atomic mass is 10.00. The molecule has 0 bridgehead atoms. The summed E-state index contributed by atoms with van der Waals surface area (Å²) in [5.74, 6) is -0.697. The van der Waals surface area contributed by atoms with Crippen LogP contribution in [0.2, 0.25) is 0 Å².